The Morgan fingerprint density at radius 1 is 1.03 bits per heavy atom. The molecule has 77 heavy (non-hydrogen) atoms. The van der Waals surface area contributed by atoms with E-state index >= 15 is 0 Å². The summed E-state index contributed by atoms with van der Waals surface area (Å²) in [6.07, 6.45) is -8.58. The third-order valence-corrected chi connectivity index (χ3v) is 14.0. The lowest BCUT2D eigenvalue weighted by Gasteiger charge is -2.43. The molecule has 5 N–H and O–H groups in total. The van der Waals surface area contributed by atoms with Crippen LogP contribution in [0.25, 0.3) is 16.9 Å². The Balaban J connectivity index is 0.840. The number of imide groups is 1. The molecule has 28 heteroatoms. The minimum atomic E-state index is -4.93. The molecule has 0 radical (unpaired) electrons. The molecule has 2 saturated heterocycles. The number of aliphatic hydroxyl groups is 2. The highest BCUT2D eigenvalue weighted by Crippen LogP contribution is 2.43. The number of aryl methyl sites for hydroxylation is 1. The van der Waals surface area contributed by atoms with Crippen LogP contribution < -0.4 is 20.7 Å². The van der Waals surface area contributed by atoms with Gasteiger partial charge in [0.25, 0.3) is 11.8 Å². The van der Waals surface area contributed by atoms with E-state index in [9.17, 15) is 56.1 Å². The molecule has 6 atom stereocenters. The third kappa shape index (κ3) is 10.7. The van der Waals surface area contributed by atoms with Gasteiger partial charge >= 0.3 is 6.18 Å². The summed E-state index contributed by atoms with van der Waals surface area (Å²) in [5, 5.41) is 41.5. The molecule has 1 saturated carbocycles. The van der Waals surface area contributed by atoms with Crippen LogP contribution in [0, 0.1) is 18.6 Å². The first-order chi connectivity index (χ1) is 36.7. The number of alkyl halides is 3. The smallest absolute Gasteiger partial charge is 0.418 e. The van der Waals surface area contributed by atoms with Crippen molar-refractivity contribution in [3.8, 4) is 22.7 Å². The van der Waals surface area contributed by atoms with E-state index in [0.29, 0.717) is 16.8 Å². The number of anilines is 1. The number of benzene rings is 3. The van der Waals surface area contributed by atoms with Gasteiger partial charge < -0.3 is 40.0 Å². The summed E-state index contributed by atoms with van der Waals surface area (Å²) in [4.78, 5) is 74.7. The predicted octanol–water partition coefficient (Wildman–Crippen LogP) is 4.99. The van der Waals surface area contributed by atoms with Gasteiger partial charge in [-0.1, -0.05) is 28.4 Å². The highest BCUT2D eigenvalue weighted by Gasteiger charge is 2.51. The Bertz CT molecular complexity index is 3320. The molecule has 6 aromatic rings. The second-order valence-electron chi connectivity index (χ2n) is 18.5. The minimum Gasteiger partial charge on any atom is -0.488 e. The Morgan fingerprint density at radius 3 is 2.52 bits per heavy atom. The summed E-state index contributed by atoms with van der Waals surface area (Å²) >= 11 is 11.9. The molecule has 4 aliphatic rings. The van der Waals surface area contributed by atoms with E-state index < -0.39 is 120 Å². The van der Waals surface area contributed by atoms with Gasteiger partial charge in [-0.2, -0.15) is 18.3 Å². The van der Waals surface area contributed by atoms with Crippen molar-refractivity contribution < 1.29 is 70.3 Å². The number of aliphatic hydroxyl groups excluding tert-OH is 2. The Hall–Kier alpha value is -7.49. The van der Waals surface area contributed by atoms with Crippen LogP contribution in [0.1, 0.15) is 81.5 Å². The first-order valence-corrected chi connectivity index (χ1v) is 24.4. The normalized spacial score (nSPS) is 23.3. The SMILES string of the molecule is Cc1nc([C@@H]2O[C@H](CO)[C@H](O)[C@H](n3cc(-c4cc(F)c(Cl)c(F)c4)nn3)[C@H]2OCC(=O)N[C@H]2C[C@@H](Oc3cccnc3C(=O)Nc3ccc4c(c3)CN([C@@H]3CCC(=O)NC3=O)C4=O)C2)n(-c2cc(Cl)ccc2C(F)(F)F)n1. The standard InChI is InChI=1S/C49H42Cl2F5N11O10/c1-21-58-45(67(63-21)34-14-24(50)4-7-29(34)49(54,55)56)44-43(41(42(71)36(19-68)77-44)66-18-32(62-64-66)22-12-30(52)39(51)31(53)13-22)75-20-38(70)59-26-15-27(16-26)76-35-3-2-10-57-40(35)47(73)60-25-5-6-28-23(11-25)17-65(48(28)74)33-8-9-37(69)61-46(33)72/h2-7,10-14,18,26-27,33,36,41-44,68,71H,8-9,15-17,19-20H2,1H3,(H,59,70)(H,60,73)(H,61,69,72)/t26-,27+,33-,36-,41+,42+,43-,44-/m1/s1. The van der Waals surface area contributed by atoms with Crippen molar-refractivity contribution in [2.75, 3.05) is 18.5 Å². The van der Waals surface area contributed by atoms with Gasteiger partial charge in [-0.05, 0) is 79.6 Å². The first kappa shape index (κ1) is 52.9. The third-order valence-electron chi connectivity index (χ3n) is 13.4. The van der Waals surface area contributed by atoms with E-state index in [0.717, 1.165) is 39.7 Å². The van der Waals surface area contributed by atoms with Gasteiger partial charge in [0.15, 0.2) is 17.3 Å². The number of nitrogens with one attached hydrogen (secondary N) is 3. The molecule has 3 aromatic carbocycles. The van der Waals surface area contributed by atoms with Gasteiger partial charge in [0.2, 0.25) is 17.7 Å². The second kappa shape index (κ2) is 21.1. The fourth-order valence-electron chi connectivity index (χ4n) is 9.66. The van der Waals surface area contributed by atoms with Crippen molar-refractivity contribution in [2.24, 2.45) is 0 Å². The van der Waals surface area contributed by atoms with Gasteiger partial charge in [0.1, 0.15) is 77.4 Å². The number of carbonyl (C=O) groups is 5. The number of amides is 5. The number of fused-ring (bicyclic) bond motifs is 1. The number of aromatic nitrogens is 7. The maximum absolute atomic E-state index is 14.6. The van der Waals surface area contributed by atoms with Crippen molar-refractivity contribution >= 4 is 58.4 Å². The molecule has 21 nitrogen and oxygen atoms in total. The van der Waals surface area contributed by atoms with E-state index in [-0.39, 0.29) is 77.5 Å². The molecule has 1 aliphatic carbocycles. The summed E-state index contributed by atoms with van der Waals surface area (Å²) in [5.74, 6) is -5.17. The summed E-state index contributed by atoms with van der Waals surface area (Å²) in [6.45, 7) is -0.163. The van der Waals surface area contributed by atoms with Crippen LogP contribution in [0.4, 0.5) is 27.6 Å². The Labute approximate surface area is 441 Å². The highest BCUT2D eigenvalue weighted by molar-refractivity contribution is 6.31. The van der Waals surface area contributed by atoms with Gasteiger partial charge in [-0.3, -0.25) is 29.3 Å². The number of piperidine rings is 1. The average Bonchev–Trinajstić information content (AvgIpc) is 4.13. The van der Waals surface area contributed by atoms with Crippen LogP contribution in [0.15, 0.2) is 73.1 Å². The van der Waals surface area contributed by atoms with Crippen molar-refractivity contribution in [1.82, 2.24) is 50.3 Å². The summed E-state index contributed by atoms with van der Waals surface area (Å²) in [6, 6.07) is 9.53. The number of hydrogen-bond donors (Lipinski definition) is 5. The van der Waals surface area contributed by atoms with E-state index in [4.69, 9.17) is 37.4 Å². The maximum atomic E-state index is 14.6. The number of hydrogen-bond acceptors (Lipinski definition) is 15. The van der Waals surface area contributed by atoms with Crippen LogP contribution in [-0.2, 0) is 36.6 Å². The van der Waals surface area contributed by atoms with Crippen molar-refractivity contribution in [3.05, 3.63) is 129 Å². The largest absolute Gasteiger partial charge is 0.488 e. The lowest BCUT2D eigenvalue weighted by molar-refractivity contribution is -0.223. The number of ether oxygens (including phenoxy) is 3. The topological polar surface area (TPSA) is 267 Å². The minimum absolute atomic E-state index is 0.0496. The van der Waals surface area contributed by atoms with Crippen LogP contribution in [0.2, 0.25) is 10.0 Å². The number of pyridine rings is 1. The number of halogens is 7. The van der Waals surface area contributed by atoms with Gasteiger partial charge in [-0.15, -0.1) is 5.10 Å². The molecular weight excluding hydrogens is 1070 g/mol. The van der Waals surface area contributed by atoms with E-state index in [1.165, 1.54) is 36.4 Å². The maximum Gasteiger partial charge on any atom is 0.418 e. The van der Waals surface area contributed by atoms with Crippen molar-refractivity contribution in [2.45, 2.75) is 94.0 Å². The zero-order chi connectivity index (χ0) is 54.6. The van der Waals surface area contributed by atoms with E-state index in [1.54, 1.807) is 18.2 Å². The first-order valence-electron chi connectivity index (χ1n) is 23.7. The van der Waals surface area contributed by atoms with E-state index in [1.807, 2.05) is 0 Å². The average molecular weight is 1110 g/mol. The molecule has 3 aliphatic heterocycles. The van der Waals surface area contributed by atoms with Gasteiger partial charge in [-0.25, -0.2) is 28.1 Å². The summed E-state index contributed by atoms with van der Waals surface area (Å²) < 4.78 is 93.0. The van der Waals surface area contributed by atoms with Crippen LogP contribution in [0.5, 0.6) is 5.75 Å². The fraction of sp³-hybridized carbons (Fsp3) is 0.347. The second-order valence-corrected chi connectivity index (χ2v) is 19.3. The quantitative estimate of drug-likeness (QED) is 0.0546. The zero-order valence-corrected chi connectivity index (χ0v) is 41.4. The summed E-state index contributed by atoms with van der Waals surface area (Å²) in [5.41, 5.74) is -0.794. The zero-order valence-electron chi connectivity index (χ0n) is 39.9. The summed E-state index contributed by atoms with van der Waals surface area (Å²) in [7, 11) is 0. The lowest BCUT2D eigenvalue weighted by atomic mass is 9.89. The Kier molecular flexibility index (Phi) is 14.5. The Morgan fingerprint density at radius 2 is 1.79 bits per heavy atom. The van der Waals surface area contributed by atoms with Crippen LogP contribution in [0.3, 0.4) is 0 Å². The molecule has 10 rings (SSSR count). The number of carbonyl (C=O) groups excluding carboxylic acids is 5. The van der Waals surface area contributed by atoms with E-state index in [2.05, 4.69) is 41.3 Å². The van der Waals surface area contributed by atoms with Gasteiger partial charge in [0, 0.05) is 59.9 Å². The molecule has 0 spiro atoms. The predicted molar refractivity (Wildman–Crippen MR) is 256 cm³/mol. The van der Waals surface area contributed by atoms with Crippen LogP contribution >= 0.6 is 23.2 Å². The van der Waals surface area contributed by atoms with Crippen molar-refractivity contribution in [3.63, 3.8) is 0 Å². The van der Waals surface area contributed by atoms with Gasteiger partial charge in [0.05, 0.1) is 24.1 Å². The molecule has 0 bridgehead atoms. The molecule has 6 heterocycles. The number of rotatable bonds is 14. The fourth-order valence-corrected chi connectivity index (χ4v) is 9.94. The van der Waals surface area contributed by atoms with Crippen LogP contribution in [-0.4, -0.2) is 129 Å². The molecule has 5 amide bonds. The monoisotopic (exact) mass is 1110 g/mol. The highest BCUT2D eigenvalue weighted by atomic mass is 35.5. The lowest BCUT2D eigenvalue weighted by Crippen LogP contribution is -2.55. The molecule has 3 fully saturated rings. The van der Waals surface area contributed by atoms with Crippen molar-refractivity contribution in [1.29, 1.82) is 0 Å². The molecule has 3 aromatic heterocycles. The molecule has 402 valence electrons. The molecular formula is C49H42Cl2F5N11O10. The molecule has 0 unspecified atom stereocenters. The number of nitrogens with zero attached hydrogens (tertiary/aromatic N) is 8.